The first-order chi connectivity index (χ1) is 20.5. The van der Waals surface area contributed by atoms with Crippen LogP contribution in [0.15, 0.2) is 46.2 Å². The zero-order chi connectivity index (χ0) is 31.3. The van der Waals surface area contributed by atoms with Crippen LogP contribution in [0, 0.1) is 6.92 Å². The number of methoxy groups -OCH3 is 1. The lowest BCUT2D eigenvalue weighted by atomic mass is 10.0. The van der Waals surface area contributed by atoms with Gasteiger partial charge in [-0.05, 0) is 65.5 Å². The highest BCUT2D eigenvalue weighted by atomic mass is 32.1. The zero-order valence-corrected chi connectivity index (χ0v) is 26.3. The molecule has 1 fully saturated rings. The van der Waals surface area contributed by atoms with E-state index < -0.39 is 22.7 Å². The van der Waals surface area contributed by atoms with Crippen LogP contribution in [0.25, 0.3) is 15.2 Å². The molecule has 12 nitrogen and oxygen atoms in total. The van der Waals surface area contributed by atoms with Crippen LogP contribution in [0.5, 0.6) is 5.75 Å². The maximum absolute atomic E-state index is 13.9. The molecule has 0 unspecified atom stereocenters. The Morgan fingerprint density at radius 3 is 2.42 bits per heavy atom. The fourth-order valence-corrected chi connectivity index (χ4v) is 6.14. The summed E-state index contributed by atoms with van der Waals surface area (Å²) in [7, 11) is 1.60. The highest BCUT2D eigenvalue weighted by Crippen LogP contribution is 2.31. The third-order valence-electron chi connectivity index (χ3n) is 7.31. The fourth-order valence-electron chi connectivity index (χ4n) is 4.90. The van der Waals surface area contributed by atoms with Gasteiger partial charge in [0, 0.05) is 31.4 Å². The van der Waals surface area contributed by atoms with Crippen molar-refractivity contribution in [3.63, 3.8) is 0 Å². The number of carbonyl (C=O) groups excluding carboxylic acids is 1. The van der Waals surface area contributed by atoms with Gasteiger partial charge in [-0.3, -0.25) is 14.2 Å². The van der Waals surface area contributed by atoms with Crippen LogP contribution in [0.4, 0.5) is 0 Å². The van der Waals surface area contributed by atoms with Crippen LogP contribution in [0.2, 0.25) is 0 Å². The second-order valence-corrected chi connectivity index (χ2v) is 12.2. The standard InChI is InChI=1S/C25H30N6O4S.C5H10O2/c1-15(2)28-23(33)25(4,5)30-20(32)19-16(3)21(31-26-12-13-27-31)36-22(19)29(24(30)34)14-11-17-9-7-8-10-18(17)35-6;6-5-1-3-7-4-2-5/h7-10,12-13,15H,11,14H2,1-6H3,(H,28,33);5-6H,1-4H2. The van der Waals surface area contributed by atoms with Gasteiger partial charge in [-0.15, -0.1) is 4.80 Å². The number of ether oxygens (including phenoxy) is 2. The van der Waals surface area contributed by atoms with E-state index in [0.29, 0.717) is 27.2 Å². The van der Waals surface area contributed by atoms with Crippen LogP contribution in [-0.4, -0.2) is 67.6 Å². The molecule has 3 aromatic heterocycles. The van der Waals surface area contributed by atoms with E-state index in [2.05, 4.69) is 15.5 Å². The van der Waals surface area contributed by atoms with Gasteiger partial charge in [-0.1, -0.05) is 29.5 Å². The van der Waals surface area contributed by atoms with E-state index in [4.69, 9.17) is 14.6 Å². The van der Waals surface area contributed by atoms with Gasteiger partial charge >= 0.3 is 5.69 Å². The first-order valence-corrected chi connectivity index (χ1v) is 15.1. The van der Waals surface area contributed by atoms with Crippen LogP contribution in [-0.2, 0) is 28.0 Å². The fraction of sp³-hybridized carbons (Fsp3) is 0.500. The number of nitrogens with one attached hydrogen (secondary N) is 1. The quantitative estimate of drug-likeness (QED) is 0.309. The highest BCUT2D eigenvalue weighted by molar-refractivity contribution is 7.21. The maximum atomic E-state index is 13.9. The van der Waals surface area contributed by atoms with Crippen molar-refractivity contribution in [2.75, 3.05) is 20.3 Å². The molecule has 0 radical (unpaired) electrons. The molecule has 1 aliphatic heterocycles. The third kappa shape index (κ3) is 6.89. The second kappa shape index (κ2) is 13.7. The number of rotatable bonds is 8. The van der Waals surface area contributed by atoms with E-state index in [0.717, 1.165) is 41.9 Å². The number of aromatic nitrogens is 5. The molecule has 0 atom stereocenters. The zero-order valence-electron chi connectivity index (χ0n) is 25.5. The first-order valence-electron chi connectivity index (χ1n) is 14.3. The first kappa shape index (κ1) is 32.1. The third-order valence-corrected chi connectivity index (χ3v) is 8.59. The number of benzene rings is 1. The minimum absolute atomic E-state index is 0.0891. The minimum atomic E-state index is -1.42. The molecule has 2 N–H and O–H groups in total. The summed E-state index contributed by atoms with van der Waals surface area (Å²) in [6, 6.07) is 7.45. The molecule has 13 heteroatoms. The van der Waals surface area contributed by atoms with Crippen molar-refractivity contribution in [1.82, 2.24) is 29.4 Å². The van der Waals surface area contributed by atoms with E-state index in [1.54, 1.807) is 44.8 Å². The predicted octanol–water partition coefficient (Wildman–Crippen LogP) is 2.78. The number of hydrogen-bond acceptors (Lipinski definition) is 9. The minimum Gasteiger partial charge on any atom is -0.496 e. The van der Waals surface area contributed by atoms with E-state index in [9.17, 15) is 14.4 Å². The maximum Gasteiger partial charge on any atom is 0.333 e. The van der Waals surface area contributed by atoms with Crippen LogP contribution < -0.4 is 21.3 Å². The Kier molecular flexibility index (Phi) is 10.2. The van der Waals surface area contributed by atoms with E-state index in [1.807, 2.05) is 38.1 Å². The molecule has 0 saturated carbocycles. The Hall–Kier alpha value is -3.81. The molecule has 1 aromatic carbocycles. The normalized spacial score (nSPS) is 14.0. The molecule has 1 amide bonds. The molecule has 4 heterocycles. The van der Waals surface area contributed by atoms with Gasteiger partial charge in [-0.2, -0.15) is 10.2 Å². The number of fused-ring (bicyclic) bond motifs is 1. The summed E-state index contributed by atoms with van der Waals surface area (Å²) >= 11 is 1.28. The van der Waals surface area contributed by atoms with E-state index >= 15 is 0 Å². The summed E-state index contributed by atoms with van der Waals surface area (Å²) in [5, 5.41) is 21.1. The molecule has 0 spiro atoms. The Labute approximate surface area is 253 Å². The molecule has 0 bridgehead atoms. The summed E-state index contributed by atoms with van der Waals surface area (Å²) < 4.78 is 13.1. The van der Waals surface area contributed by atoms with Gasteiger partial charge in [0.2, 0.25) is 5.91 Å². The lowest BCUT2D eigenvalue weighted by molar-refractivity contribution is -0.129. The monoisotopic (exact) mass is 612 g/mol. The summed E-state index contributed by atoms with van der Waals surface area (Å²) in [5.74, 6) is 0.310. The number of thiophene rings is 1. The van der Waals surface area contributed by atoms with Gasteiger partial charge in [0.15, 0.2) is 0 Å². The number of aryl methyl sites for hydroxylation is 3. The molecule has 1 saturated heterocycles. The number of carbonyl (C=O) groups is 1. The van der Waals surface area contributed by atoms with Crippen LogP contribution in [0.1, 0.15) is 51.7 Å². The van der Waals surface area contributed by atoms with Crippen molar-refractivity contribution in [3.8, 4) is 10.8 Å². The molecule has 5 rings (SSSR count). The molecule has 1 aliphatic rings. The summed E-state index contributed by atoms with van der Waals surface area (Å²) in [4.78, 5) is 42.8. The van der Waals surface area contributed by atoms with Crippen molar-refractivity contribution in [1.29, 1.82) is 0 Å². The molecule has 232 valence electrons. The number of amides is 1. The lowest BCUT2D eigenvalue weighted by Crippen LogP contribution is -2.56. The van der Waals surface area contributed by atoms with E-state index in [1.165, 1.54) is 16.1 Å². The predicted molar refractivity (Wildman–Crippen MR) is 165 cm³/mol. The van der Waals surface area contributed by atoms with Gasteiger partial charge in [0.1, 0.15) is 21.1 Å². The van der Waals surface area contributed by atoms with E-state index in [-0.39, 0.29) is 18.7 Å². The molecule has 4 aromatic rings. The topological polar surface area (TPSA) is 142 Å². The smallest absolute Gasteiger partial charge is 0.333 e. The SMILES string of the molecule is COc1ccccc1CCn1c(=O)n(C(C)(C)C(=O)NC(C)C)c(=O)c2c(C)c(-n3nccn3)sc21.OC1CCOCC1. The largest absolute Gasteiger partial charge is 0.496 e. The van der Waals surface area contributed by atoms with Crippen molar-refractivity contribution in [2.24, 2.45) is 0 Å². The van der Waals surface area contributed by atoms with Gasteiger partial charge < -0.3 is 19.9 Å². The number of nitrogens with zero attached hydrogens (tertiary/aromatic N) is 5. The number of aliphatic hydroxyl groups excluding tert-OH is 1. The van der Waals surface area contributed by atoms with Crippen LogP contribution >= 0.6 is 11.3 Å². The number of para-hydroxylation sites is 1. The van der Waals surface area contributed by atoms with Crippen molar-refractivity contribution >= 4 is 27.5 Å². The Balaban J connectivity index is 0.000000530. The molecular formula is C30H40N6O6S. The highest BCUT2D eigenvalue weighted by Gasteiger charge is 2.35. The Morgan fingerprint density at radius 1 is 1.19 bits per heavy atom. The van der Waals surface area contributed by atoms with Crippen molar-refractivity contribution < 1.29 is 19.4 Å². The Morgan fingerprint density at radius 2 is 1.84 bits per heavy atom. The molecular weight excluding hydrogens is 572 g/mol. The number of aliphatic hydroxyl groups is 1. The average molecular weight is 613 g/mol. The average Bonchev–Trinajstić information content (AvgIpc) is 3.62. The van der Waals surface area contributed by atoms with Gasteiger partial charge in [-0.25, -0.2) is 9.36 Å². The molecule has 0 aliphatic carbocycles. The summed E-state index contributed by atoms with van der Waals surface area (Å²) in [6.07, 6.45) is 5.14. The summed E-state index contributed by atoms with van der Waals surface area (Å²) in [6.45, 7) is 10.4. The van der Waals surface area contributed by atoms with Crippen molar-refractivity contribution in [2.45, 2.75) is 78.1 Å². The van der Waals surface area contributed by atoms with Crippen molar-refractivity contribution in [3.05, 3.63) is 68.6 Å². The molecule has 43 heavy (non-hydrogen) atoms. The summed E-state index contributed by atoms with van der Waals surface area (Å²) in [5.41, 5.74) is -0.905. The number of hydrogen-bond donors (Lipinski definition) is 2. The Bertz CT molecular complexity index is 1660. The van der Waals surface area contributed by atoms with Gasteiger partial charge in [0.25, 0.3) is 5.56 Å². The van der Waals surface area contributed by atoms with Crippen LogP contribution in [0.3, 0.4) is 0 Å². The second-order valence-electron chi connectivity index (χ2n) is 11.2. The lowest BCUT2D eigenvalue weighted by Gasteiger charge is -2.27. The van der Waals surface area contributed by atoms with Gasteiger partial charge in [0.05, 0.1) is 31.0 Å².